The Hall–Kier alpha value is -3.68. The van der Waals surface area contributed by atoms with Crippen LogP contribution in [-0.2, 0) is 6.42 Å². The maximum absolute atomic E-state index is 12.9. The summed E-state index contributed by atoms with van der Waals surface area (Å²) >= 11 is 0. The monoisotopic (exact) mass is 369 g/mol. The number of benzene rings is 2. The van der Waals surface area contributed by atoms with Crippen LogP contribution in [0.4, 0.5) is 5.69 Å². The molecule has 0 fully saturated rings. The Morgan fingerprint density at radius 3 is 2.33 bits per heavy atom. The molecular weight excluding hydrogens is 350 g/mol. The van der Waals surface area contributed by atoms with E-state index in [0.717, 1.165) is 0 Å². The molecule has 8 heteroatoms. The maximum atomic E-state index is 12.9. The van der Waals surface area contributed by atoms with Gasteiger partial charge in [-0.1, -0.05) is 0 Å². The fourth-order valence-electron chi connectivity index (χ4n) is 2.77. The fraction of sp³-hybridized carbons (Fsp3) is 0.158. The Labute approximate surface area is 154 Å². The van der Waals surface area contributed by atoms with Crippen molar-refractivity contribution in [2.45, 2.75) is 6.42 Å². The summed E-state index contributed by atoms with van der Waals surface area (Å²) in [7, 11) is 3.02. The number of rotatable bonds is 6. The molecule has 0 aliphatic carbocycles. The van der Waals surface area contributed by atoms with Crippen LogP contribution in [0.25, 0.3) is 0 Å². The van der Waals surface area contributed by atoms with Gasteiger partial charge >= 0.3 is 5.69 Å². The molecule has 1 aromatic heterocycles. The number of aromatic hydroxyl groups is 1. The lowest BCUT2D eigenvalue weighted by Gasteiger charge is -2.11. The lowest BCUT2D eigenvalue weighted by Crippen LogP contribution is -2.06. The van der Waals surface area contributed by atoms with Crippen molar-refractivity contribution in [1.82, 2.24) is 9.97 Å². The summed E-state index contributed by atoms with van der Waals surface area (Å²) in [4.78, 5) is 28.9. The van der Waals surface area contributed by atoms with Gasteiger partial charge in [-0.3, -0.25) is 9.78 Å². The van der Waals surface area contributed by atoms with Gasteiger partial charge in [0, 0.05) is 23.2 Å². The van der Waals surface area contributed by atoms with E-state index in [9.17, 15) is 14.7 Å². The van der Waals surface area contributed by atoms with Crippen LogP contribution in [0.3, 0.4) is 0 Å². The van der Waals surface area contributed by atoms with E-state index in [-0.39, 0.29) is 18.1 Å². The smallest absolute Gasteiger partial charge is 0.325 e. The minimum Gasteiger partial charge on any atom is -0.493 e. The van der Waals surface area contributed by atoms with Gasteiger partial charge < -0.3 is 25.3 Å². The molecule has 0 radical (unpaired) electrons. The second-order valence-electron chi connectivity index (χ2n) is 5.90. The first kappa shape index (κ1) is 18.1. The highest BCUT2D eigenvalue weighted by molar-refractivity contribution is 6.09. The van der Waals surface area contributed by atoms with Gasteiger partial charge in [0.25, 0.3) is 0 Å². The van der Waals surface area contributed by atoms with Crippen LogP contribution >= 0.6 is 0 Å². The number of ketones is 1. The van der Waals surface area contributed by atoms with E-state index in [2.05, 4.69) is 9.97 Å². The molecule has 1 heterocycles. The Balaban J connectivity index is 1.94. The Morgan fingerprint density at radius 1 is 1.04 bits per heavy atom. The van der Waals surface area contributed by atoms with Crippen molar-refractivity contribution in [1.29, 1.82) is 0 Å². The lowest BCUT2D eigenvalue weighted by atomic mass is 9.98. The van der Waals surface area contributed by atoms with E-state index in [4.69, 9.17) is 15.2 Å². The van der Waals surface area contributed by atoms with Crippen LogP contribution in [0.15, 0.2) is 41.2 Å². The van der Waals surface area contributed by atoms with Crippen molar-refractivity contribution in [2.75, 3.05) is 20.0 Å². The molecule has 0 aliphatic heterocycles. The lowest BCUT2D eigenvalue weighted by molar-refractivity contribution is 0.103. The zero-order chi connectivity index (χ0) is 19.6. The summed E-state index contributed by atoms with van der Waals surface area (Å²) in [6.45, 7) is 0. The molecule has 0 saturated heterocycles. The van der Waals surface area contributed by atoms with Gasteiger partial charge in [0.15, 0.2) is 17.3 Å². The number of carbonyl (C=O) groups excluding carboxylic acids is 1. The van der Waals surface area contributed by atoms with Gasteiger partial charge in [-0.15, -0.1) is 0 Å². The van der Waals surface area contributed by atoms with E-state index >= 15 is 0 Å². The molecule has 0 amide bonds. The highest BCUT2D eigenvalue weighted by Crippen LogP contribution is 2.29. The molecule has 0 unspecified atom stereocenters. The second kappa shape index (κ2) is 7.28. The second-order valence-corrected chi connectivity index (χ2v) is 5.90. The molecule has 0 saturated carbocycles. The van der Waals surface area contributed by atoms with Crippen LogP contribution in [-0.4, -0.2) is 35.1 Å². The normalized spacial score (nSPS) is 10.6. The first-order valence-electron chi connectivity index (χ1n) is 8.08. The number of hydrogen-bond acceptors (Lipinski definition) is 6. The quantitative estimate of drug-likeness (QED) is 0.387. The number of nitrogens with one attached hydrogen (secondary N) is 2. The molecule has 5 N–H and O–H groups in total. The summed E-state index contributed by atoms with van der Waals surface area (Å²) in [5, 5.41) is 9.73. The topological polar surface area (TPSA) is 130 Å². The van der Waals surface area contributed by atoms with Crippen LogP contribution < -0.4 is 20.9 Å². The largest absolute Gasteiger partial charge is 0.493 e. The van der Waals surface area contributed by atoms with Crippen molar-refractivity contribution < 1.29 is 19.4 Å². The summed E-state index contributed by atoms with van der Waals surface area (Å²) < 4.78 is 10.4. The summed E-state index contributed by atoms with van der Waals surface area (Å²) in [6, 6.07) is 9.79. The molecule has 3 aromatic rings. The van der Waals surface area contributed by atoms with Crippen LogP contribution in [0.5, 0.6) is 17.4 Å². The molecule has 3 rings (SSSR count). The number of ether oxygens (including phenoxy) is 2. The Kier molecular flexibility index (Phi) is 4.89. The number of anilines is 1. The molecule has 0 atom stereocenters. The average Bonchev–Trinajstić information content (AvgIpc) is 2.99. The van der Waals surface area contributed by atoms with E-state index in [1.165, 1.54) is 14.2 Å². The highest BCUT2D eigenvalue weighted by Gasteiger charge is 2.15. The number of carbonyl (C=O) groups is 1. The first-order chi connectivity index (χ1) is 12.9. The third kappa shape index (κ3) is 3.64. The number of aromatic nitrogens is 2. The van der Waals surface area contributed by atoms with Crippen molar-refractivity contribution in [3.63, 3.8) is 0 Å². The molecule has 0 spiro atoms. The van der Waals surface area contributed by atoms with Gasteiger partial charge in [-0.25, -0.2) is 4.79 Å². The standard InChI is InChI=1S/C19H19N3O5/c1-26-15-6-4-11(9-16(15)27-2)17(23)10-3-5-13(20)12(7-10)8-14-18(24)22-19(25)21-14/h3-7,9,24H,8,20H2,1-2H3,(H2,21,22,25). The number of nitrogens with two attached hydrogens (primary N) is 1. The highest BCUT2D eigenvalue weighted by atomic mass is 16.5. The molecule has 0 aliphatic rings. The van der Waals surface area contributed by atoms with Gasteiger partial charge in [0.2, 0.25) is 5.88 Å². The number of H-pyrrole nitrogens is 2. The zero-order valence-corrected chi connectivity index (χ0v) is 14.8. The van der Waals surface area contributed by atoms with Crippen molar-refractivity contribution in [3.8, 4) is 17.4 Å². The Bertz CT molecular complexity index is 1050. The van der Waals surface area contributed by atoms with Crippen LogP contribution in [0.1, 0.15) is 27.2 Å². The molecule has 2 aromatic carbocycles. The number of methoxy groups -OCH3 is 2. The van der Waals surface area contributed by atoms with Gasteiger partial charge in [0.1, 0.15) is 0 Å². The third-order valence-electron chi connectivity index (χ3n) is 4.20. The van der Waals surface area contributed by atoms with Crippen molar-refractivity contribution in [2.24, 2.45) is 0 Å². The minimum atomic E-state index is -0.515. The summed E-state index contributed by atoms with van der Waals surface area (Å²) in [5.74, 6) is 0.507. The average molecular weight is 369 g/mol. The number of imidazole rings is 1. The molecule has 27 heavy (non-hydrogen) atoms. The minimum absolute atomic E-state index is 0.170. The SMILES string of the molecule is COc1ccc(C(=O)c2ccc(N)c(Cc3[nH]c(=O)[nH]c3O)c2)cc1OC. The van der Waals surface area contributed by atoms with E-state index in [1.54, 1.807) is 36.4 Å². The fourth-order valence-corrected chi connectivity index (χ4v) is 2.77. The van der Waals surface area contributed by atoms with Gasteiger partial charge in [0.05, 0.1) is 19.9 Å². The van der Waals surface area contributed by atoms with Crippen molar-refractivity contribution in [3.05, 3.63) is 69.3 Å². The predicted molar refractivity (Wildman–Crippen MR) is 99.7 cm³/mol. The van der Waals surface area contributed by atoms with E-state index in [1.807, 2.05) is 0 Å². The van der Waals surface area contributed by atoms with E-state index in [0.29, 0.717) is 39.6 Å². The molecule has 0 bridgehead atoms. The summed E-state index contributed by atoms with van der Waals surface area (Å²) in [6.07, 6.45) is 0.170. The maximum Gasteiger partial charge on any atom is 0.325 e. The van der Waals surface area contributed by atoms with E-state index < -0.39 is 5.69 Å². The number of hydrogen-bond donors (Lipinski definition) is 4. The molecule has 140 valence electrons. The molecular formula is C19H19N3O5. The van der Waals surface area contributed by atoms with Crippen molar-refractivity contribution >= 4 is 11.5 Å². The third-order valence-corrected chi connectivity index (χ3v) is 4.20. The Morgan fingerprint density at radius 2 is 1.70 bits per heavy atom. The van der Waals surface area contributed by atoms with Gasteiger partial charge in [-0.2, -0.15) is 0 Å². The predicted octanol–water partition coefficient (Wildman–Crippen LogP) is 1.83. The zero-order valence-electron chi connectivity index (χ0n) is 14.8. The van der Waals surface area contributed by atoms with Crippen LogP contribution in [0, 0.1) is 0 Å². The number of aromatic amines is 2. The summed E-state index contributed by atoms with van der Waals surface area (Å²) in [5.41, 5.74) is 7.66. The molecule has 8 nitrogen and oxygen atoms in total. The first-order valence-corrected chi connectivity index (χ1v) is 8.08. The van der Waals surface area contributed by atoms with Crippen LogP contribution in [0.2, 0.25) is 0 Å². The van der Waals surface area contributed by atoms with Gasteiger partial charge in [-0.05, 0) is 42.0 Å². The number of nitrogen functional groups attached to an aromatic ring is 1.